The molecule has 0 radical (unpaired) electrons. The van der Waals surface area contributed by atoms with Crippen LogP contribution < -0.4 is 10.6 Å². The van der Waals surface area contributed by atoms with E-state index in [1.165, 1.54) is 37.7 Å². The minimum absolute atomic E-state index is 0. The molecule has 0 spiro atoms. The number of hydrogen-bond acceptors (Lipinski definition) is 1. The number of nitrogens with one attached hydrogen (secondary N) is 2. The molecule has 0 aliphatic heterocycles. The van der Waals surface area contributed by atoms with Crippen molar-refractivity contribution < 1.29 is 0 Å². The van der Waals surface area contributed by atoms with Crippen molar-refractivity contribution in [3.63, 3.8) is 0 Å². The van der Waals surface area contributed by atoms with E-state index >= 15 is 0 Å². The van der Waals surface area contributed by atoms with Crippen LogP contribution in [0.5, 0.6) is 0 Å². The Balaban J connectivity index is 0.00000176. The molecule has 0 amide bonds. The third kappa shape index (κ3) is 4.37. The fourth-order valence-corrected chi connectivity index (χ4v) is 3.51. The molecule has 2 fully saturated rings. The lowest BCUT2D eigenvalue weighted by molar-refractivity contribution is 0.106. The second-order valence-electron chi connectivity index (χ2n) is 6.58. The lowest BCUT2D eigenvalue weighted by Gasteiger charge is -2.43. The first-order valence-electron chi connectivity index (χ1n) is 8.31. The third-order valence-electron chi connectivity index (χ3n) is 5.17. The van der Waals surface area contributed by atoms with Crippen molar-refractivity contribution in [1.29, 1.82) is 0 Å². The van der Waals surface area contributed by atoms with Gasteiger partial charge in [0.15, 0.2) is 5.96 Å². The average Bonchev–Trinajstić information content (AvgIpc) is 3.30. The first kappa shape index (κ1) is 17.6. The van der Waals surface area contributed by atoms with Crippen molar-refractivity contribution in [2.24, 2.45) is 16.3 Å². The van der Waals surface area contributed by atoms with Crippen LogP contribution in [0, 0.1) is 11.3 Å². The van der Waals surface area contributed by atoms with Crippen molar-refractivity contribution in [2.75, 3.05) is 20.1 Å². The lowest BCUT2D eigenvalue weighted by atomic mass is 9.65. The zero-order valence-corrected chi connectivity index (χ0v) is 15.8. The topological polar surface area (TPSA) is 36.4 Å². The summed E-state index contributed by atoms with van der Waals surface area (Å²) in [6, 6.07) is 10.6. The Morgan fingerprint density at radius 1 is 1.18 bits per heavy atom. The number of halogens is 1. The summed E-state index contributed by atoms with van der Waals surface area (Å²) in [5.41, 5.74) is 1.96. The molecule has 0 heterocycles. The molecule has 3 rings (SSSR count). The fraction of sp³-hybridized carbons (Fsp3) is 0.611. The molecule has 3 nitrogen and oxygen atoms in total. The summed E-state index contributed by atoms with van der Waals surface area (Å²) in [4.78, 5) is 4.35. The highest BCUT2D eigenvalue weighted by Gasteiger charge is 2.48. The molecule has 0 bridgehead atoms. The van der Waals surface area contributed by atoms with Crippen LogP contribution in [0.15, 0.2) is 35.3 Å². The van der Waals surface area contributed by atoms with E-state index in [4.69, 9.17) is 0 Å². The number of rotatable bonds is 6. The molecule has 122 valence electrons. The average molecular weight is 413 g/mol. The minimum atomic E-state index is 0. The van der Waals surface area contributed by atoms with Crippen molar-refractivity contribution in [1.82, 2.24) is 10.6 Å². The fourth-order valence-electron chi connectivity index (χ4n) is 3.51. The molecule has 2 N–H and O–H groups in total. The van der Waals surface area contributed by atoms with Gasteiger partial charge in [-0.05, 0) is 49.0 Å². The molecule has 0 unspecified atom stereocenters. The number of benzene rings is 1. The van der Waals surface area contributed by atoms with Crippen LogP contribution >= 0.6 is 24.0 Å². The highest BCUT2D eigenvalue weighted by Crippen LogP contribution is 2.56. The van der Waals surface area contributed by atoms with Crippen LogP contribution in [-0.4, -0.2) is 26.1 Å². The van der Waals surface area contributed by atoms with E-state index in [9.17, 15) is 0 Å². The summed E-state index contributed by atoms with van der Waals surface area (Å²) in [6.07, 6.45) is 8.16. The monoisotopic (exact) mass is 413 g/mol. The molecule has 2 aliphatic rings. The molecular formula is C18H28IN3. The SMILES string of the molecule is CN=C(NCCc1ccccc1)NCC1(C2CC2)CCC1.I. The van der Waals surface area contributed by atoms with Gasteiger partial charge < -0.3 is 10.6 Å². The summed E-state index contributed by atoms with van der Waals surface area (Å²) in [5.74, 6) is 1.94. The minimum Gasteiger partial charge on any atom is -0.356 e. The molecular weight excluding hydrogens is 385 g/mol. The Hall–Kier alpha value is -0.780. The van der Waals surface area contributed by atoms with Gasteiger partial charge in [-0.1, -0.05) is 36.8 Å². The maximum atomic E-state index is 4.35. The molecule has 1 aromatic carbocycles. The Morgan fingerprint density at radius 3 is 2.45 bits per heavy atom. The third-order valence-corrected chi connectivity index (χ3v) is 5.17. The molecule has 0 aromatic heterocycles. The normalized spacial score (nSPS) is 19.8. The highest BCUT2D eigenvalue weighted by atomic mass is 127. The molecule has 0 saturated heterocycles. The van der Waals surface area contributed by atoms with Gasteiger partial charge in [-0.15, -0.1) is 24.0 Å². The number of aliphatic imine (C=N–C) groups is 1. The van der Waals surface area contributed by atoms with Gasteiger partial charge in [-0.25, -0.2) is 0 Å². The molecule has 2 aliphatic carbocycles. The Kier molecular flexibility index (Phi) is 6.53. The van der Waals surface area contributed by atoms with Gasteiger partial charge in [0, 0.05) is 20.1 Å². The van der Waals surface area contributed by atoms with Crippen LogP contribution in [0.4, 0.5) is 0 Å². The zero-order valence-electron chi connectivity index (χ0n) is 13.5. The van der Waals surface area contributed by atoms with Crippen LogP contribution in [0.3, 0.4) is 0 Å². The summed E-state index contributed by atoms with van der Waals surface area (Å²) < 4.78 is 0. The lowest BCUT2D eigenvalue weighted by Crippen LogP contribution is -2.47. The van der Waals surface area contributed by atoms with E-state index in [2.05, 4.69) is 46.0 Å². The predicted octanol–water partition coefficient (Wildman–Crippen LogP) is 3.59. The standard InChI is InChI=1S/C18H27N3.HI/c1-19-17(20-13-10-15-6-3-2-4-7-15)21-14-18(11-5-12-18)16-8-9-16;/h2-4,6-7,16H,5,8-14H2,1H3,(H2,19,20,21);1H. The van der Waals surface area contributed by atoms with Crippen molar-refractivity contribution in [2.45, 2.75) is 38.5 Å². The van der Waals surface area contributed by atoms with Gasteiger partial charge in [-0.2, -0.15) is 0 Å². The van der Waals surface area contributed by atoms with Crippen LogP contribution in [0.2, 0.25) is 0 Å². The Labute approximate surface area is 151 Å². The van der Waals surface area contributed by atoms with Crippen LogP contribution in [0.25, 0.3) is 0 Å². The second kappa shape index (κ2) is 8.18. The molecule has 22 heavy (non-hydrogen) atoms. The summed E-state index contributed by atoms with van der Waals surface area (Å²) in [7, 11) is 1.86. The smallest absolute Gasteiger partial charge is 0.191 e. The van der Waals surface area contributed by atoms with Crippen LogP contribution in [-0.2, 0) is 6.42 Å². The van der Waals surface area contributed by atoms with Gasteiger partial charge in [0.05, 0.1) is 0 Å². The van der Waals surface area contributed by atoms with Gasteiger partial charge in [-0.3, -0.25) is 4.99 Å². The second-order valence-corrected chi connectivity index (χ2v) is 6.58. The van der Waals surface area contributed by atoms with E-state index in [0.717, 1.165) is 31.4 Å². The van der Waals surface area contributed by atoms with Crippen molar-refractivity contribution in [3.8, 4) is 0 Å². The number of guanidine groups is 1. The summed E-state index contributed by atoms with van der Waals surface area (Å²) in [6.45, 7) is 2.03. The molecule has 0 atom stereocenters. The van der Waals surface area contributed by atoms with E-state index in [-0.39, 0.29) is 24.0 Å². The van der Waals surface area contributed by atoms with Gasteiger partial charge in [0.1, 0.15) is 0 Å². The number of nitrogens with zero attached hydrogens (tertiary/aromatic N) is 1. The molecule has 2 saturated carbocycles. The van der Waals surface area contributed by atoms with Crippen molar-refractivity contribution >= 4 is 29.9 Å². The number of hydrogen-bond donors (Lipinski definition) is 2. The van der Waals surface area contributed by atoms with E-state index < -0.39 is 0 Å². The summed E-state index contributed by atoms with van der Waals surface area (Å²) in [5, 5.41) is 7.00. The zero-order chi connectivity index (χ0) is 14.5. The van der Waals surface area contributed by atoms with Gasteiger partial charge in [0.2, 0.25) is 0 Å². The first-order valence-corrected chi connectivity index (χ1v) is 8.31. The molecule has 1 aromatic rings. The maximum absolute atomic E-state index is 4.35. The Bertz CT molecular complexity index is 478. The maximum Gasteiger partial charge on any atom is 0.191 e. The van der Waals surface area contributed by atoms with Gasteiger partial charge in [0.25, 0.3) is 0 Å². The highest BCUT2D eigenvalue weighted by molar-refractivity contribution is 14.0. The van der Waals surface area contributed by atoms with E-state index in [1.54, 1.807) is 0 Å². The van der Waals surface area contributed by atoms with E-state index in [0.29, 0.717) is 5.41 Å². The van der Waals surface area contributed by atoms with Crippen molar-refractivity contribution in [3.05, 3.63) is 35.9 Å². The van der Waals surface area contributed by atoms with Gasteiger partial charge >= 0.3 is 0 Å². The summed E-state index contributed by atoms with van der Waals surface area (Å²) >= 11 is 0. The Morgan fingerprint density at radius 2 is 1.91 bits per heavy atom. The van der Waals surface area contributed by atoms with Crippen LogP contribution in [0.1, 0.15) is 37.7 Å². The molecule has 4 heteroatoms. The first-order chi connectivity index (χ1) is 10.3. The van der Waals surface area contributed by atoms with E-state index in [1.807, 2.05) is 7.05 Å². The quantitative estimate of drug-likeness (QED) is 0.425. The predicted molar refractivity (Wildman–Crippen MR) is 104 cm³/mol. The largest absolute Gasteiger partial charge is 0.356 e.